The van der Waals surface area contributed by atoms with Crippen molar-refractivity contribution in [2.24, 2.45) is 5.10 Å². The number of benzene rings is 1. The number of carbonyl (C=O) groups is 3. The fraction of sp³-hybridized carbons (Fsp3) is 0.474. The van der Waals surface area contributed by atoms with Crippen LogP contribution in [0, 0.1) is 0 Å². The molecule has 0 aromatic heterocycles. The number of nitrogens with one attached hydrogen (secondary N) is 1. The van der Waals surface area contributed by atoms with Crippen LogP contribution in [0.3, 0.4) is 0 Å². The molecule has 0 saturated carbocycles. The van der Waals surface area contributed by atoms with Crippen LogP contribution in [0.25, 0.3) is 0 Å². The van der Waals surface area contributed by atoms with E-state index in [0.717, 1.165) is 11.3 Å². The van der Waals surface area contributed by atoms with Crippen LogP contribution in [0.2, 0.25) is 0 Å². The predicted octanol–water partition coefficient (Wildman–Crippen LogP) is 0.565. The maximum absolute atomic E-state index is 12.5. The lowest BCUT2D eigenvalue weighted by Gasteiger charge is -2.35. The Balaban J connectivity index is 1.49. The van der Waals surface area contributed by atoms with Crippen LogP contribution in [0.15, 0.2) is 29.4 Å². The lowest BCUT2D eigenvalue weighted by molar-refractivity contribution is -0.136. The Labute approximate surface area is 158 Å². The molecule has 3 amide bonds. The number of nitrogens with zero attached hydrogens (tertiary/aromatic N) is 3. The number of hydrogen-bond donors (Lipinski definition) is 1. The van der Waals surface area contributed by atoms with Crippen molar-refractivity contribution in [1.29, 1.82) is 0 Å². The minimum absolute atomic E-state index is 0.0496. The summed E-state index contributed by atoms with van der Waals surface area (Å²) in [5.41, 5.74) is 3.66. The molecule has 2 aliphatic heterocycles. The highest BCUT2D eigenvalue weighted by molar-refractivity contribution is 6.39. The highest BCUT2D eigenvalue weighted by Gasteiger charge is 2.28. The molecule has 0 bridgehead atoms. The van der Waals surface area contributed by atoms with Crippen molar-refractivity contribution in [3.05, 3.63) is 29.8 Å². The predicted molar refractivity (Wildman–Crippen MR) is 99.3 cm³/mol. The van der Waals surface area contributed by atoms with E-state index in [1.807, 2.05) is 31.2 Å². The number of rotatable bonds is 5. The summed E-state index contributed by atoms with van der Waals surface area (Å²) in [6.45, 7) is 4.49. The van der Waals surface area contributed by atoms with Crippen LogP contribution in [0.5, 0.6) is 5.75 Å². The van der Waals surface area contributed by atoms with Gasteiger partial charge in [0.1, 0.15) is 11.5 Å². The molecule has 1 aromatic carbocycles. The Morgan fingerprint density at radius 1 is 1.07 bits per heavy atom. The Kier molecular flexibility index (Phi) is 6.05. The molecule has 2 aliphatic rings. The Morgan fingerprint density at radius 3 is 2.33 bits per heavy atom. The number of hydrogen-bond acceptors (Lipinski definition) is 5. The Hall–Kier alpha value is -2.90. The van der Waals surface area contributed by atoms with Gasteiger partial charge in [0.25, 0.3) is 5.91 Å². The van der Waals surface area contributed by atoms with Crippen molar-refractivity contribution >= 4 is 23.4 Å². The molecule has 0 atom stereocenters. The van der Waals surface area contributed by atoms with Gasteiger partial charge in [-0.05, 0) is 24.6 Å². The van der Waals surface area contributed by atoms with Gasteiger partial charge in [0.05, 0.1) is 13.0 Å². The largest absolute Gasteiger partial charge is 0.494 e. The van der Waals surface area contributed by atoms with Crippen molar-refractivity contribution in [2.75, 3.05) is 32.8 Å². The molecule has 8 heteroatoms. The van der Waals surface area contributed by atoms with Crippen molar-refractivity contribution in [3.63, 3.8) is 0 Å². The maximum atomic E-state index is 12.5. The van der Waals surface area contributed by atoms with Gasteiger partial charge in [0.2, 0.25) is 11.8 Å². The molecule has 2 heterocycles. The third kappa shape index (κ3) is 4.84. The quantitative estimate of drug-likeness (QED) is 0.818. The van der Waals surface area contributed by atoms with Gasteiger partial charge in [-0.15, -0.1) is 0 Å². The van der Waals surface area contributed by atoms with E-state index in [1.165, 1.54) is 0 Å². The molecule has 3 rings (SSSR count). The minimum Gasteiger partial charge on any atom is -0.494 e. The van der Waals surface area contributed by atoms with E-state index in [9.17, 15) is 14.4 Å². The monoisotopic (exact) mass is 372 g/mol. The molecule has 1 saturated heterocycles. The average molecular weight is 372 g/mol. The second-order valence-electron chi connectivity index (χ2n) is 6.52. The summed E-state index contributed by atoms with van der Waals surface area (Å²) in [6.07, 6.45) is 0.978. The van der Waals surface area contributed by atoms with E-state index >= 15 is 0 Å². The topological polar surface area (TPSA) is 91.3 Å². The maximum Gasteiger partial charge on any atom is 0.270 e. The van der Waals surface area contributed by atoms with Crippen LogP contribution < -0.4 is 10.2 Å². The van der Waals surface area contributed by atoms with E-state index in [4.69, 9.17) is 4.74 Å². The number of ether oxygens (including phenoxy) is 1. The Bertz CT molecular complexity index is 737. The average Bonchev–Trinajstić information content (AvgIpc) is 2.70. The lowest BCUT2D eigenvalue weighted by Crippen LogP contribution is -2.53. The van der Waals surface area contributed by atoms with E-state index in [1.54, 1.807) is 9.80 Å². The standard InChI is InChI=1S/C19H24N4O4/c1-2-27-15-5-3-14(4-6-15)13-18(25)22-9-11-23(12-10-22)19(26)16-7-8-17(24)21-20-16/h3-6H,2,7-13H2,1H3,(H,21,24). The molecule has 0 spiro atoms. The van der Waals surface area contributed by atoms with Gasteiger partial charge in [-0.25, -0.2) is 5.43 Å². The van der Waals surface area contributed by atoms with Crippen molar-refractivity contribution < 1.29 is 19.1 Å². The molecule has 1 fully saturated rings. The summed E-state index contributed by atoms with van der Waals surface area (Å²) in [4.78, 5) is 39.6. The third-order valence-electron chi connectivity index (χ3n) is 4.66. The normalized spacial score (nSPS) is 17.2. The van der Waals surface area contributed by atoms with Gasteiger partial charge < -0.3 is 14.5 Å². The number of carbonyl (C=O) groups excluding carboxylic acids is 3. The van der Waals surface area contributed by atoms with E-state index in [2.05, 4.69) is 10.5 Å². The highest BCUT2D eigenvalue weighted by atomic mass is 16.5. The second kappa shape index (κ2) is 8.66. The van der Waals surface area contributed by atoms with Gasteiger partial charge in [-0.3, -0.25) is 14.4 Å². The van der Waals surface area contributed by atoms with Gasteiger partial charge in [0, 0.05) is 39.0 Å². The molecular formula is C19H24N4O4. The first kappa shape index (κ1) is 18.9. The fourth-order valence-corrected chi connectivity index (χ4v) is 3.13. The van der Waals surface area contributed by atoms with Crippen LogP contribution >= 0.6 is 0 Å². The molecule has 1 N–H and O–H groups in total. The summed E-state index contributed by atoms with van der Waals surface area (Å²) >= 11 is 0. The molecule has 27 heavy (non-hydrogen) atoms. The molecule has 0 radical (unpaired) electrons. The minimum atomic E-state index is -0.170. The zero-order valence-electron chi connectivity index (χ0n) is 15.4. The van der Waals surface area contributed by atoms with E-state index in [-0.39, 0.29) is 24.1 Å². The van der Waals surface area contributed by atoms with Crippen LogP contribution in [-0.2, 0) is 20.8 Å². The third-order valence-corrected chi connectivity index (χ3v) is 4.66. The first-order chi connectivity index (χ1) is 13.1. The van der Waals surface area contributed by atoms with Crippen LogP contribution in [-0.4, -0.2) is 66.0 Å². The first-order valence-corrected chi connectivity index (χ1v) is 9.21. The number of piperazine rings is 1. The smallest absolute Gasteiger partial charge is 0.270 e. The highest BCUT2D eigenvalue weighted by Crippen LogP contribution is 2.14. The molecule has 0 unspecified atom stereocenters. The van der Waals surface area contributed by atoms with Gasteiger partial charge in [-0.2, -0.15) is 5.10 Å². The zero-order chi connectivity index (χ0) is 19.2. The second-order valence-corrected chi connectivity index (χ2v) is 6.52. The summed E-state index contributed by atoms with van der Waals surface area (Å²) in [7, 11) is 0. The molecule has 144 valence electrons. The fourth-order valence-electron chi connectivity index (χ4n) is 3.13. The molecule has 8 nitrogen and oxygen atoms in total. The molecule has 1 aromatic rings. The van der Waals surface area contributed by atoms with E-state index < -0.39 is 0 Å². The first-order valence-electron chi connectivity index (χ1n) is 9.21. The van der Waals surface area contributed by atoms with Crippen molar-refractivity contribution in [1.82, 2.24) is 15.2 Å². The van der Waals surface area contributed by atoms with Crippen LogP contribution in [0.4, 0.5) is 0 Å². The van der Waals surface area contributed by atoms with Gasteiger partial charge in [0.15, 0.2) is 0 Å². The zero-order valence-corrected chi connectivity index (χ0v) is 15.4. The number of amides is 3. The summed E-state index contributed by atoms with van der Waals surface area (Å²) < 4.78 is 5.41. The van der Waals surface area contributed by atoms with Crippen molar-refractivity contribution in [2.45, 2.75) is 26.2 Å². The molecular weight excluding hydrogens is 348 g/mol. The van der Waals surface area contributed by atoms with Gasteiger partial charge >= 0.3 is 0 Å². The Morgan fingerprint density at radius 2 is 1.74 bits per heavy atom. The van der Waals surface area contributed by atoms with Gasteiger partial charge in [-0.1, -0.05) is 12.1 Å². The molecule has 0 aliphatic carbocycles. The SMILES string of the molecule is CCOc1ccc(CC(=O)N2CCN(C(=O)C3=NNC(=O)CC3)CC2)cc1. The summed E-state index contributed by atoms with van der Waals surface area (Å²) in [5.74, 6) is 0.515. The van der Waals surface area contributed by atoms with Crippen molar-refractivity contribution in [3.8, 4) is 5.75 Å². The van der Waals surface area contributed by atoms with E-state index in [0.29, 0.717) is 51.3 Å². The summed E-state index contributed by atoms with van der Waals surface area (Å²) in [5, 5.41) is 3.85. The summed E-state index contributed by atoms with van der Waals surface area (Å²) in [6, 6.07) is 7.54. The van der Waals surface area contributed by atoms with Crippen LogP contribution in [0.1, 0.15) is 25.3 Å². The lowest BCUT2D eigenvalue weighted by atomic mass is 10.1. The number of hydrazone groups is 1.